The van der Waals surface area contributed by atoms with E-state index in [0.29, 0.717) is 61.3 Å². The Kier molecular flexibility index (Phi) is 15.9. The first-order chi connectivity index (χ1) is 20.3. The first-order valence-corrected chi connectivity index (χ1v) is 15.1. The van der Waals surface area contributed by atoms with E-state index in [4.69, 9.17) is 0 Å². The Balaban J connectivity index is 1.64. The molecule has 0 radical (unpaired) electrons. The summed E-state index contributed by atoms with van der Waals surface area (Å²) in [5, 5.41) is 11.5. The van der Waals surface area contributed by atoms with Crippen LogP contribution in [0.1, 0.15) is 74.1 Å². The maximum absolute atomic E-state index is 12.3. The third kappa shape index (κ3) is 12.8. The van der Waals surface area contributed by atoms with Gasteiger partial charge in [-0.3, -0.25) is 19.2 Å². The summed E-state index contributed by atoms with van der Waals surface area (Å²) < 4.78 is 0. The first-order valence-electron chi connectivity index (χ1n) is 15.1. The van der Waals surface area contributed by atoms with Crippen LogP contribution in [0.2, 0.25) is 0 Å². The number of hydrogen-bond donors (Lipinski definition) is 4. The lowest BCUT2D eigenvalue weighted by Gasteiger charge is -2.18. The smallest absolute Gasteiger partial charge is 0.251 e. The van der Waals surface area contributed by atoms with Gasteiger partial charge in [0.15, 0.2) is 0 Å². The highest BCUT2D eigenvalue weighted by molar-refractivity contribution is 5.96. The minimum Gasteiger partial charge on any atom is -0.351 e. The van der Waals surface area contributed by atoms with Crippen molar-refractivity contribution in [1.29, 1.82) is 0 Å². The van der Waals surface area contributed by atoms with Crippen molar-refractivity contribution in [2.45, 2.75) is 53.4 Å². The molecule has 0 aliphatic rings. The van der Waals surface area contributed by atoms with Gasteiger partial charge in [0.1, 0.15) is 0 Å². The van der Waals surface area contributed by atoms with Crippen LogP contribution in [-0.2, 0) is 9.59 Å². The second-order valence-electron chi connectivity index (χ2n) is 10.0. The third-order valence-corrected chi connectivity index (χ3v) is 7.14. The summed E-state index contributed by atoms with van der Waals surface area (Å²) in [4.78, 5) is 53.8. The summed E-state index contributed by atoms with van der Waals surface area (Å²) in [6.07, 6.45) is 1.72. The molecule has 0 saturated carbocycles. The van der Waals surface area contributed by atoms with Crippen LogP contribution in [0.3, 0.4) is 0 Å². The Labute approximate surface area is 250 Å². The van der Waals surface area contributed by atoms with Gasteiger partial charge in [0.05, 0.1) is 0 Å². The Morgan fingerprint density at radius 2 is 0.881 bits per heavy atom. The zero-order valence-corrected chi connectivity index (χ0v) is 25.6. The van der Waals surface area contributed by atoms with Gasteiger partial charge in [-0.1, -0.05) is 27.7 Å². The van der Waals surface area contributed by atoms with Crippen LogP contribution in [0.5, 0.6) is 0 Å². The van der Waals surface area contributed by atoms with E-state index in [0.717, 1.165) is 39.3 Å². The molecule has 0 unspecified atom stereocenters. The molecule has 0 spiro atoms. The fraction of sp³-hybridized carbons (Fsp3) is 0.500. The van der Waals surface area contributed by atoms with Gasteiger partial charge in [-0.2, -0.15) is 0 Å². The van der Waals surface area contributed by atoms with E-state index in [2.05, 4.69) is 58.8 Å². The molecule has 0 atom stereocenters. The summed E-state index contributed by atoms with van der Waals surface area (Å²) in [7, 11) is 0. The maximum Gasteiger partial charge on any atom is 0.251 e. The second-order valence-corrected chi connectivity index (χ2v) is 10.0. The fourth-order valence-electron chi connectivity index (χ4n) is 4.37. The van der Waals surface area contributed by atoms with Crippen molar-refractivity contribution in [2.24, 2.45) is 0 Å². The SMILES string of the molecule is CCN(CC)CCNC(=O)c1ccc(NC(=O)CCCCC(=O)Nc2ccc(C(=O)NCCN(CC)CC)cc2)cc1. The number of carbonyl (C=O) groups excluding carboxylic acids is 4. The number of nitrogens with zero attached hydrogens (tertiary/aromatic N) is 2. The van der Waals surface area contributed by atoms with Crippen molar-refractivity contribution < 1.29 is 19.2 Å². The third-order valence-electron chi connectivity index (χ3n) is 7.14. The average molecular weight is 581 g/mol. The highest BCUT2D eigenvalue weighted by Gasteiger charge is 2.10. The predicted molar refractivity (Wildman–Crippen MR) is 169 cm³/mol. The van der Waals surface area contributed by atoms with E-state index >= 15 is 0 Å². The van der Waals surface area contributed by atoms with Crippen molar-refractivity contribution in [2.75, 3.05) is 63.0 Å². The molecule has 0 bridgehead atoms. The topological polar surface area (TPSA) is 123 Å². The molecule has 0 aliphatic heterocycles. The van der Waals surface area contributed by atoms with Crippen LogP contribution in [0.15, 0.2) is 48.5 Å². The number of carbonyl (C=O) groups is 4. The minimum absolute atomic E-state index is 0.138. The summed E-state index contributed by atoms with van der Waals surface area (Å²) in [6, 6.07) is 13.6. The number of rotatable bonds is 19. The number of likely N-dealkylation sites (N-methyl/N-ethyl adjacent to an activating group) is 2. The molecule has 0 saturated heterocycles. The number of benzene rings is 2. The fourth-order valence-corrected chi connectivity index (χ4v) is 4.37. The molecule has 10 nitrogen and oxygen atoms in total. The molecular formula is C32H48N6O4. The quantitative estimate of drug-likeness (QED) is 0.187. The Bertz CT molecular complexity index is 1020. The van der Waals surface area contributed by atoms with Crippen molar-refractivity contribution in [1.82, 2.24) is 20.4 Å². The van der Waals surface area contributed by atoms with Gasteiger partial charge >= 0.3 is 0 Å². The van der Waals surface area contributed by atoms with Crippen LogP contribution in [0.4, 0.5) is 11.4 Å². The number of anilines is 2. The molecule has 0 heterocycles. The molecule has 0 aliphatic carbocycles. The van der Waals surface area contributed by atoms with Gasteiger partial charge in [-0.25, -0.2) is 0 Å². The lowest BCUT2D eigenvalue weighted by atomic mass is 10.1. The molecule has 0 aromatic heterocycles. The van der Waals surface area contributed by atoms with Crippen LogP contribution in [-0.4, -0.2) is 85.8 Å². The van der Waals surface area contributed by atoms with Crippen molar-refractivity contribution >= 4 is 35.0 Å². The predicted octanol–water partition coefficient (Wildman–Crippen LogP) is 3.97. The van der Waals surface area contributed by atoms with Crippen LogP contribution in [0, 0.1) is 0 Å². The summed E-state index contributed by atoms with van der Waals surface area (Å²) in [6.45, 7) is 14.9. The number of unbranched alkanes of at least 4 members (excludes halogenated alkanes) is 1. The first kappa shape index (κ1) is 34.4. The lowest BCUT2D eigenvalue weighted by Crippen LogP contribution is -2.34. The maximum atomic E-state index is 12.3. The highest BCUT2D eigenvalue weighted by Crippen LogP contribution is 2.13. The van der Waals surface area contributed by atoms with Gasteiger partial charge in [0.25, 0.3) is 11.8 Å². The van der Waals surface area contributed by atoms with Gasteiger partial charge in [-0.05, 0) is 87.6 Å². The normalized spacial score (nSPS) is 10.9. The summed E-state index contributed by atoms with van der Waals surface area (Å²) in [5.41, 5.74) is 2.33. The van der Waals surface area contributed by atoms with E-state index in [9.17, 15) is 19.2 Å². The molecule has 10 heteroatoms. The Morgan fingerprint density at radius 3 is 1.19 bits per heavy atom. The monoisotopic (exact) mass is 580 g/mol. The van der Waals surface area contributed by atoms with Gasteiger partial charge in [0.2, 0.25) is 11.8 Å². The Morgan fingerprint density at radius 1 is 0.548 bits per heavy atom. The van der Waals surface area contributed by atoms with E-state index in [1.54, 1.807) is 48.5 Å². The number of nitrogens with one attached hydrogen (secondary N) is 4. The second kappa shape index (κ2) is 19.4. The van der Waals surface area contributed by atoms with Gasteiger partial charge in [-0.15, -0.1) is 0 Å². The molecule has 42 heavy (non-hydrogen) atoms. The zero-order chi connectivity index (χ0) is 30.7. The van der Waals surface area contributed by atoms with Crippen LogP contribution in [0.25, 0.3) is 0 Å². The van der Waals surface area contributed by atoms with E-state index in [1.807, 2.05) is 0 Å². The van der Waals surface area contributed by atoms with E-state index in [-0.39, 0.29) is 23.6 Å². The molecule has 2 rings (SSSR count). The molecule has 2 aromatic carbocycles. The van der Waals surface area contributed by atoms with Gasteiger partial charge in [0, 0.05) is 61.5 Å². The highest BCUT2D eigenvalue weighted by atomic mass is 16.2. The van der Waals surface area contributed by atoms with Crippen molar-refractivity contribution in [3.05, 3.63) is 59.7 Å². The number of amides is 4. The largest absolute Gasteiger partial charge is 0.351 e. The van der Waals surface area contributed by atoms with E-state index in [1.165, 1.54) is 0 Å². The standard InChI is InChI=1S/C32H48N6O4/c1-5-37(6-2)23-21-33-31(41)25-13-17-27(18-14-25)35-29(39)11-9-10-12-30(40)36-28-19-15-26(16-20-28)32(42)34-22-24-38(7-3)8-4/h13-20H,5-12,21-24H2,1-4H3,(H,33,41)(H,34,42)(H,35,39)(H,36,40). The van der Waals surface area contributed by atoms with Gasteiger partial charge < -0.3 is 31.1 Å². The van der Waals surface area contributed by atoms with Crippen molar-refractivity contribution in [3.8, 4) is 0 Å². The van der Waals surface area contributed by atoms with E-state index < -0.39 is 0 Å². The minimum atomic E-state index is -0.141. The summed E-state index contributed by atoms with van der Waals surface area (Å²) in [5.74, 6) is -0.558. The molecule has 2 aromatic rings. The molecule has 230 valence electrons. The molecule has 4 N–H and O–H groups in total. The van der Waals surface area contributed by atoms with Crippen LogP contribution < -0.4 is 21.3 Å². The molecule has 0 fully saturated rings. The lowest BCUT2D eigenvalue weighted by molar-refractivity contribution is -0.118. The Hall–Kier alpha value is -3.76. The molecule has 4 amide bonds. The van der Waals surface area contributed by atoms with Crippen molar-refractivity contribution in [3.63, 3.8) is 0 Å². The summed E-state index contributed by atoms with van der Waals surface area (Å²) >= 11 is 0. The number of hydrogen-bond acceptors (Lipinski definition) is 6. The molecular weight excluding hydrogens is 532 g/mol. The van der Waals surface area contributed by atoms with Crippen LogP contribution >= 0.6 is 0 Å². The zero-order valence-electron chi connectivity index (χ0n) is 25.6. The average Bonchev–Trinajstić information content (AvgIpc) is 3.00.